The van der Waals surface area contributed by atoms with Crippen molar-refractivity contribution in [2.45, 2.75) is 177 Å². The van der Waals surface area contributed by atoms with Crippen LogP contribution in [0.4, 0.5) is 20.3 Å². The van der Waals surface area contributed by atoms with Crippen molar-refractivity contribution in [3.05, 3.63) is 21.6 Å². The number of nitrogens with one attached hydrogen (secondary N) is 5. The maximum atomic E-state index is 13.2. The lowest BCUT2D eigenvalue weighted by Crippen LogP contribution is -2.51. The Morgan fingerprint density at radius 1 is 0.830 bits per heavy atom. The van der Waals surface area contributed by atoms with Gasteiger partial charge in [0.05, 0.1) is 13.2 Å². The first-order valence-corrected chi connectivity index (χ1v) is 20.8. The summed E-state index contributed by atoms with van der Waals surface area (Å²) in [5.41, 5.74) is 0.0914. The zero-order valence-corrected chi connectivity index (χ0v) is 34.3. The molecule has 5 N–H and O–H groups in total. The van der Waals surface area contributed by atoms with Crippen molar-refractivity contribution < 1.29 is 23.9 Å². The number of H-pyrrole nitrogens is 1. The summed E-state index contributed by atoms with van der Waals surface area (Å²) in [4.78, 5) is 57.2. The maximum Gasteiger partial charge on any atom is 0.407 e. The molecular weight excluding hydrogens is 672 g/mol. The highest BCUT2D eigenvalue weighted by Crippen LogP contribution is 2.45. The molecule has 3 atom stereocenters. The van der Waals surface area contributed by atoms with Crippen LogP contribution in [0.15, 0.2) is 4.79 Å². The van der Waals surface area contributed by atoms with E-state index in [1.165, 1.54) is 83.5 Å². The smallest absolute Gasteiger partial charge is 0.407 e. The quantitative estimate of drug-likeness (QED) is 0.0623. The minimum absolute atomic E-state index is 0.0340. The summed E-state index contributed by atoms with van der Waals surface area (Å²) in [6.45, 7) is 15.9. The number of alkyl carbamates (subject to hydrolysis) is 2. The summed E-state index contributed by atoms with van der Waals surface area (Å²) in [6.07, 6.45) is 20.5. The van der Waals surface area contributed by atoms with Gasteiger partial charge in [0.25, 0.3) is 5.56 Å². The Hall–Kier alpha value is -3.31. The molecule has 1 aliphatic rings. The number of unbranched alkanes of at least 4 members (excludes halogenated alkanes) is 11. The summed E-state index contributed by atoms with van der Waals surface area (Å²) in [6, 6.07) is -0.558. The van der Waals surface area contributed by atoms with Crippen LogP contribution in [-0.4, -0.2) is 60.5 Å². The van der Waals surface area contributed by atoms with Crippen LogP contribution in [0.3, 0.4) is 0 Å². The molecule has 0 bridgehead atoms. The van der Waals surface area contributed by atoms with Crippen molar-refractivity contribution in [1.29, 1.82) is 0 Å². The largest absolute Gasteiger partial charge is 0.449 e. The Labute approximate surface area is 319 Å². The van der Waals surface area contributed by atoms with Crippen LogP contribution in [-0.2, 0) is 15.9 Å². The number of aryl methyl sites for hydroxylation is 1. The van der Waals surface area contributed by atoms with E-state index in [0.717, 1.165) is 25.7 Å². The number of rotatable bonds is 25. The van der Waals surface area contributed by atoms with Gasteiger partial charge in [-0.3, -0.25) is 10.1 Å². The third-order valence-electron chi connectivity index (χ3n) is 10.4. The van der Waals surface area contributed by atoms with Gasteiger partial charge in [-0.15, -0.1) is 0 Å². The molecule has 2 rings (SSSR count). The van der Waals surface area contributed by atoms with E-state index in [9.17, 15) is 19.2 Å². The van der Waals surface area contributed by atoms with Gasteiger partial charge >= 0.3 is 18.2 Å². The Morgan fingerprint density at radius 2 is 1.43 bits per heavy atom. The highest BCUT2D eigenvalue weighted by atomic mass is 16.6. The molecule has 53 heavy (non-hydrogen) atoms. The third kappa shape index (κ3) is 19.5. The zero-order chi connectivity index (χ0) is 39.1. The van der Waals surface area contributed by atoms with E-state index in [1.807, 2.05) is 0 Å². The highest BCUT2D eigenvalue weighted by molar-refractivity contribution is 5.87. The van der Waals surface area contributed by atoms with Crippen molar-refractivity contribution >= 4 is 24.2 Å². The molecule has 1 fully saturated rings. The molecule has 12 heteroatoms. The number of carbonyl (C=O) groups is 3. The summed E-state index contributed by atoms with van der Waals surface area (Å²) in [7, 11) is 0. The summed E-state index contributed by atoms with van der Waals surface area (Å²) >= 11 is 0. The lowest BCUT2D eigenvalue weighted by molar-refractivity contribution is 0.0635. The molecule has 1 saturated carbocycles. The first-order chi connectivity index (χ1) is 25.3. The standard InChI is InChI=1S/C41H74N6O6/c1-8-11-13-15-17-19-21-23-32(22-20-18-16-14-12-9-2)28-53-39(51)45-33-26-40(5,6)29-41(7,27-33)30-43-37(49)47-36-44-31(4)34(35(48)46-36)24-25-52-38(50)42-10-3/h32-33H,8-30H2,1-7H3,(H,42,50)(H,45,51)(H3,43,44,46,47,48,49). The lowest BCUT2D eigenvalue weighted by Gasteiger charge is -2.46. The zero-order valence-electron chi connectivity index (χ0n) is 34.3. The third-order valence-corrected chi connectivity index (χ3v) is 10.4. The molecule has 0 spiro atoms. The molecule has 4 amide bonds. The second-order valence-electron chi connectivity index (χ2n) is 16.6. The fraction of sp³-hybridized carbons (Fsp3) is 0.829. The fourth-order valence-electron chi connectivity index (χ4n) is 8.04. The first kappa shape index (κ1) is 45.8. The number of aromatic nitrogens is 2. The van der Waals surface area contributed by atoms with Crippen molar-refractivity contribution in [2.24, 2.45) is 16.7 Å². The second-order valence-corrected chi connectivity index (χ2v) is 16.6. The number of urea groups is 1. The van der Waals surface area contributed by atoms with Crippen LogP contribution in [0.2, 0.25) is 0 Å². The molecule has 304 valence electrons. The van der Waals surface area contributed by atoms with E-state index in [1.54, 1.807) is 13.8 Å². The van der Waals surface area contributed by atoms with Gasteiger partial charge in [-0.05, 0) is 62.7 Å². The summed E-state index contributed by atoms with van der Waals surface area (Å²) < 4.78 is 11.0. The van der Waals surface area contributed by atoms with Crippen LogP contribution < -0.4 is 26.8 Å². The number of hydrogen-bond donors (Lipinski definition) is 5. The first-order valence-electron chi connectivity index (χ1n) is 20.8. The monoisotopic (exact) mass is 747 g/mol. The molecule has 0 aliphatic heterocycles. The topological polar surface area (TPSA) is 164 Å². The van der Waals surface area contributed by atoms with E-state index >= 15 is 0 Å². The van der Waals surface area contributed by atoms with Gasteiger partial charge in [0.1, 0.15) is 0 Å². The van der Waals surface area contributed by atoms with Crippen LogP contribution in [0.5, 0.6) is 0 Å². The Bertz CT molecular complexity index is 1290. The maximum absolute atomic E-state index is 13.2. The lowest BCUT2D eigenvalue weighted by atomic mass is 9.62. The van der Waals surface area contributed by atoms with Crippen molar-refractivity contribution in [1.82, 2.24) is 25.9 Å². The van der Waals surface area contributed by atoms with Crippen LogP contribution in [0, 0.1) is 23.7 Å². The molecule has 0 saturated heterocycles. The van der Waals surface area contributed by atoms with Gasteiger partial charge in [0, 0.05) is 36.8 Å². The van der Waals surface area contributed by atoms with Gasteiger partial charge in [-0.2, -0.15) is 4.98 Å². The van der Waals surface area contributed by atoms with Crippen LogP contribution in [0.25, 0.3) is 0 Å². The van der Waals surface area contributed by atoms with Gasteiger partial charge in [0.15, 0.2) is 0 Å². The van der Waals surface area contributed by atoms with E-state index in [0.29, 0.717) is 43.3 Å². The van der Waals surface area contributed by atoms with Crippen molar-refractivity contribution in [3.8, 4) is 0 Å². The molecule has 1 aromatic rings. The number of hydrogen-bond acceptors (Lipinski definition) is 7. The van der Waals surface area contributed by atoms with Gasteiger partial charge in [-0.1, -0.05) is 118 Å². The number of anilines is 1. The Kier molecular flexibility index (Phi) is 21.5. The van der Waals surface area contributed by atoms with Crippen molar-refractivity contribution in [2.75, 3.05) is 31.6 Å². The Balaban J connectivity index is 1.88. The number of ether oxygens (including phenoxy) is 2. The van der Waals surface area contributed by atoms with E-state index in [-0.39, 0.29) is 41.9 Å². The minimum atomic E-state index is -0.543. The summed E-state index contributed by atoms with van der Waals surface area (Å²) in [5.74, 6) is 0.437. The van der Waals surface area contributed by atoms with Crippen molar-refractivity contribution in [3.63, 3.8) is 0 Å². The average molecular weight is 747 g/mol. The molecular formula is C41H74N6O6. The Morgan fingerprint density at radius 3 is 2.02 bits per heavy atom. The van der Waals surface area contributed by atoms with Gasteiger partial charge in [-0.25, -0.2) is 14.4 Å². The molecule has 12 nitrogen and oxygen atoms in total. The number of nitrogens with zero attached hydrogens (tertiary/aromatic N) is 1. The second kappa shape index (κ2) is 24.9. The number of aromatic amines is 1. The summed E-state index contributed by atoms with van der Waals surface area (Å²) in [5, 5.41) is 11.3. The fourth-order valence-corrected chi connectivity index (χ4v) is 8.04. The molecule has 1 aliphatic carbocycles. The SMILES string of the molecule is CCCCCCCCCC(CCCCCCCC)COC(=O)NC1CC(C)(C)CC(C)(CNC(=O)Nc2nc(=O)c(CCOC(=O)NCC)c(C)[nH]2)C1. The molecule has 1 aromatic heterocycles. The minimum Gasteiger partial charge on any atom is -0.449 e. The predicted octanol–water partition coefficient (Wildman–Crippen LogP) is 9.31. The average Bonchev–Trinajstić information content (AvgIpc) is 3.07. The molecule has 1 heterocycles. The van der Waals surface area contributed by atoms with E-state index in [4.69, 9.17) is 9.47 Å². The van der Waals surface area contributed by atoms with Gasteiger partial charge < -0.3 is 30.4 Å². The molecule has 0 radical (unpaired) electrons. The van der Waals surface area contributed by atoms with Crippen LogP contribution >= 0.6 is 0 Å². The van der Waals surface area contributed by atoms with E-state index in [2.05, 4.69) is 65.9 Å². The van der Waals surface area contributed by atoms with Gasteiger partial charge in [0.2, 0.25) is 5.95 Å². The number of amides is 4. The predicted molar refractivity (Wildman–Crippen MR) is 213 cm³/mol. The number of carbonyl (C=O) groups excluding carboxylic acids is 3. The highest BCUT2D eigenvalue weighted by Gasteiger charge is 2.42. The molecule has 0 aromatic carbocycles. The van der Waals surface area contributed by atoms with Crippen LogP contribution in [0.1, 0.15) is 168 Å². The van der Waals surface area contributed by atoms with E-state index < -0.39 is 17.7 Å². The molecule has 3 unspecified atom stereocenters. The normalized spacial score (nSPS) is 18.5.